The molecule has 6 nitrogen and oxygen atoms in total. The molecule has 126 valence electrons. The van der Waals surface area contributed by atoms with E-state index in [-0.39, 0.29) is 24.4 Å². The lowest BCUT2D eigenvalue weighted by molar-refractivity contribution is 0.0946. The Kier molecular flexibility index (Phi) is 4.61. The maximum absolute atomic E-state index is 12.7. The van der Waals surface area contributed by atoms with E-state index in [0.717, 1.165) is 5.56 Å². The standard InChI is InChI=1S/C19H17N3O3/c1-2-11-22-15-6-4-3-5-14(15)17(23)16(19(22)25)18(24)21-12-13-7-9-20-10-8-13/h2-10,23H,1,11-12H2,(H,21,24). The van der Waals surface area contributed by atoms with Crippen molar-refractivity contribution < 1.29 is 9.90 Å². The Labute approximate surface area is 144 Å². The van der Waals surface area contributed by atoms with Crippen LogP contribution in [0.4, 0.5) is 0 Å². The third-order valence-corrected chi connectivity index (χ3v) is 3.89. The van der Waals surface area contributed by atoms with Crippen molar-refractivity contribution >= 4 is 16.8 Å². The number of hydrogen-bond acceptors (Lipinski definition) is 4. The number of allylic oxidation sites excluding steroid dienone is 1. The minimum atomic E-state index is -0.622. The molecule has 1 aromatic carbocycles. The summed E-state index contributed by atoms with van der Waals surface area (Å²) >= 11 is 0. The number of nitrogens with zero attached hydrogens (tertiary/aromatic N) is 2. The summed E-state index contributed by atoms with van der Waals surface area (Å²) < 4.78 is 1.42. The van der Waals surface area contributed by atoms with Crippen LogP contribution in [-0.2, 0) is 13.1 Å². The minimum absolute atomic E-state index is 0.231. The van der Waals surface area contributed by atoms with Gasteiger partial charge in [-0.3, -0.25) is 14.6 Å². The van der Waals surface area contributed by atoms with Crippen LogP contribution in [0.1, 0.15) is 15.9 Å². The van der Waals surface area contributed by atoms with Gasteiger partial charge in [0.2, 0.25) is 0 Å². The van der Waals surface area contributed by atoms with E-state index < -0.39 is 11.5 Å². The highest BCUT2D eigenvalue weighted by atomic mass is 16.3. The van der Waals surface area contributed by atoms with E-state index in [9.17, 15) is 14.7 Å². The number of pyridine rings is 2. The minimum Gasteiger partial charge on any atom is -0.506 e. The molecular weight excluding hydrogens is 318 g/mol. The van der Waals surface area contributed by atoms with Gasteiger partial charge in [0, 0.05) is 30.9 Å². The first kappa shape index (κ1) is 16.4. The summed E-state index contributed by atoms with van der Waals surface area (Å²) in [5, 5.41) is 13.6. The zero-order valence-corrected chi connectivity index (χ0v) is 13.5. The van der Waals surface area contributed by atoms with Gasteiger partial charge in [-0.25, -0.2) is 0 Å². The predicted molar refractivity (Wildman–Crippen MR) is 95.5 cm³/mol. The molecule has 0 unspecified atom stereocenters. The van der Waals surface area contributed by atoms with Crippen molar-refractivity contribution in [3.8, 4) is 5.75 Å². The van der Waals surface area contributed by atoms with E-state index in [0.29, 0.717) is 10.9 Å². The van der Waals surface area contributed by atoms with Crippen LogP contribution < -0.4 is 10.9 Å². The molecule has 0 radical (unpaired) electrons. The molecule has 0 saturated heterocycles. The Bertz CT molecular complexity index is 994. The van der Waals surface area contributed by atoms with Crippen molar-refractivity contribution in [2.75, 3.05) is 0 Å². The topological polar surface area (TPSA) is 84.2 Å². The van der Waals surface area contributed by atoms with Crippen molar-refractivity contribution in [1.29, 1.82) is 0 Å². The van der Waals surface area contributed by atoms with Gasteiger partial charge in [0.05, 0.1) is 5.52 Å². The second-order valence-corrected chi connectivity index (χ2v) is 5.48. The number of rotatable bonds is 5. The number of carbonyl (C=O) groups excluding carboxylic acids is 1. The number of aromatic hydroxyl groups is 1. The monoisotopic (exact) mass is 335 g/mol. The second-order valence-electron chi connectivity index (χ2n) is 5.48. The van der Waals surface area contributed by atoms with Crippen LogP contribution in [0.15, 0.2) is 66.2 Å². The number of para-hydroxylation sites is 1. The van der Waals surface area contributed by atoms with E-state index in [2.05, 4.69) is 16.9 Å². The summed E-state index contributed by atoms with van der Waals surface area (Å²) in [5.41, 5.74) is 0.573. The van der Waals surface area contributed by atoms with Gasteiger partial charge in [-0.15, -0.1) is 6.58 Å². The number of carbonyl (C=O) groups is 1. The number of benzene rings is 1. The molecule has 0 bridgehead atoms. The Hall–Kier alpha value is -3.41. The lowest BCUT2D eigenvalue weighted by Crippen LogP contribution is -2.33. The molecule has 3 rings (SSSR count). The van der Waals surface area contributed by atoms with E-state index in [1.807, 2.05) is 0 Å². The average molecular weight is 335 g/mol. The fourth-order valence-corrected chi connectivity index (χ4v) is 2.68. The van der Waals surface area contributed by atoms with Crippen LogP contribution in [0.3, 0.4) is 0 Å². The van der Waals surface area contributed by atoms with Gasteiger partial charge in [0.15, 0.2) is 0 Å². The summed E-state index contributed by atoms with van der Waals surface area (Å²) in [6, 6.07) is 10.4. The van der Waals surface area contributed by atoms with E-state index in [1.54, 1.807) is 54.9 Å². The molecule has 1 amide bonds. The van der Waals surface area contributed by atoms with Gasteiger partial charge in [0.25, 0.3) is 11.5 Å². The zero-order chi connectivity index (χ0) is 17.8. The fourth-order valence-electron chi connectivity index (χ4n) is 2.68. The van der Waals surface area contributed by atoms with Crippen LogP contribution in [-0.4, -0.2) is 20.6 Å². The molecule has 2 heterocycles. The second kappa shape index (κ2) is 7.00. The first-order valence-electron chi connectivity index (χ1n) is 7.76. The molecule has 25 heavy (non-hydrogen) atoms. The summed E-state index contributed by atoms with van der Waals surface area (Å²) in [4.78, 5) is 29.2. The van der Waals surface area contributed by atoms with Gasteiger partial charge in [-0.05, 0) is 29.8 Å². The Morgan fingerprint density at radius 2 is 1.96 bits per heavy atom. The summed E-state index contributed by atoms with van der Waals surface area (Å²) in [6.45, 7) is 4.12. The highest BCUT2D eigenvalue weighted by Gasteiger charge is 2.21. The Balaban J connectivity index is 2.04. The normalized spacial score (nSPS) is 10.6. The molecule has 0 aliphatic rings. The Morgan fingerprint density at radius 3 is 2.68 bits per heavy atom. The molecule has 0 spiro atoms. The number of fused-ring (bicyclic) bond motifs is 1. The van der Waals surface area contributed by atoms with Crippen LogP contribution in [0.2, 0.25) is 0 Å². The molecule has 0 saturated carbocycles. The van der Waals surface area contributed by atoms with Gasteiger partial charge in [-0.2, -0.15) is 0 Å². The lowest BCUT2D eigenvalue weighted by atomic mass is 10.1. The van der Waals surface area contributed by atoms with Crippen molar-refractivity contribution in [3.63, 3.8) is 0 Å². The molecule has 0 atom stereocenters. The van der Waals surface area contributed by atoms with Crippen molar-refractivity contribution in [3.05, 3.63) is 82.9 Å². The zero-order valence-electron chi connectivity index (χ0n) is 13.5. The molecule has 2 N–H and O–H groups in total. The largest absolute Gasteiger partial charge is 0.506 e. The first-order valence-corrected chi connectivity index (χ1v) is 7.76. The predicted octanol–water partition coefficient (Wildman–Crippen LogP) is 2.22. The summed E-state index contributed by atoms with van der Waals surface area (Å²) in [6.07, 6.45) is 4.81. The highest BCUT2D eigenvalue weighted by molar-refractivity contribution is 6.02. The van der Waals surface area contributed by atoms with E-state index in [4.69, 9.17) is 0 Å². The number of amides is 1. The van der Waals surface area contributed by atoms with Gasteiger partial charge in [0.1, 0.15) is 11.3 Å². The average Bonchev–Trinajstić information content (AvgIpc) is 2.64. The molecule has 2 aromatic heterocycles. The summed E-state index contributed by atoms with van der Waals surface area (Å²) in [7, 11) is 0. The van der Waals surface area contributed by atoms with Crippen LogP contribution in [0.5, 0.6) is 5.75 Å². The number of aromatic nitrogens is 2. The lowest BCUT2D eigenvalue weighted by Gasteiger charge is -2.13. The molecule has 0 fully saturated rings. The van der Waals surface area contributed by atoms with E-state index in [1.165, 1.54) is 4.57 Å². The van der Waals surface area contributed by atoms with Crippen molar-refractivity contribution in [2.24, 2.45) is 0 Å². The van der Waals surface area contributed by atoms with Crippen LogP contribution in [0, 0.1) is 0 Å². The van der Waals surface area contributed by atoms with Crippen LogP contribution >= 0.6 is 0 Å². The smallest absolute Gasteiger partial charge is 0.268 e. The fraction of sp³-hybridized carbons (Fsp3) is 0.105. The highest BCUT2D eigenvalue weighted by Crippen LogP contribution is 2.26. The maximum atomic E-state index is 12.7. The molecule has 3 aromatic rings. The Morgan fingerprint density at radius 1 is 1.24 bits per heavy atom. The SMILES string of the molecule is C=CCn1c(=O)c(C(=O)NCc2ccncc2)c(O)c2ccccc21. The number of nitrogens with one attached hydrogen (secondary N) is 1. The van der Waals surface area contributed by atoms with Gasteiger partial charge < -0.3 is 15.0 Å². The van der Waals surface area contributed by atoms with E-state index >= 15 is 0 Å². The van der Waals surface area contributed by atoms with Crippen molar-refractivity contribution in [2.45, 2.75) is 13.1 Å². The van der Waals surface area contributed by atoms with Crippen LogP contribution in [0.25, 0.3) is 10.9 Å². The molecule has 6 heteroatoms. The third kappa shape index (κ3) is 3.14. The third-order valence-electron chi connectivity index (χ3n) is 3.89. The molecular formula is C19H17N3O3. The first-order chi connectivity index (χ1) is 12.1. The van der Waals surface area contributed by atoms with Crippen molar-refractivity contribution in [1.82, 2.24) is 14.9 Å². The van der Waals surface area contributed by atoms with Gasteiger partial charge in [-0.1, -0.05) is 18.2 Å². The summed E-state index contributed by atoms with van der Waals surface area (Å²) in [5.74, 6) is -0.934. The number of hydrogen-bond donors (Lipinski definition) is 2. The van der Waals surface area contributed by atoms with Gasteiger partial charge >= 0.3 is 0 Å². The molecule has 0 aliphatic heterocycles. The quantitative estimate of drug-likeness (QED) is 0.700. The maximum Gasteiger partial charge on any atom is 0.268 e. The molecule has 0 aliphatic carbocycles.